The quantitative estimate of drug-likeness (QED) is 0.538. The maximum Gasteiger partial charge on any atom is 0.279 e. The van der Waals surface area contributed by atoms with Crippen molar-refractivity contribution >= 4 is 5.69 Å². The SMILES string of the molecule is N#CCc1c(F)cc(F)cc1[N+](=O)[O-]. The summed E-state index contributed by atoms with van der Waals surface area (Å²) < 4.78 is 25.5. The van der Waals surface area contributed by atoms with Crippen LogP contribution >= 0.6 is 0 Å². The van der Waals surface area contributed by atoms with Gasteiger partial charge in [0, 0.05) is 6.07 Å². The van der Waals surface area contributed by atoms with Crippen molar-refractivity contribution in [1.82, 2.24) is 0 Å². The molecule has 0 bridgehead atoms. The maximum atomic E-state index is 13.0. The van der Waals surface area contributed by atoms with Crippen LogP contribution in [0, 0.1) is 33.1 Å². The summed E-state index contributed by atoms with van der Waals surface area (Å²) in [4.78, 5) is 9.45. The molecule has 0 aliphatic heterocycles. The molecule has 0 saturated carbocycles. The summed E-state index contributed by atoms with van der Waals surface area (Å²) in [6.45, 7) is 0. The molecule has 0 aliphatic rings. The van der Waals surface area contributed by atoms with E-state index in [1.54, 1.807) is 6.07 Å². The van der Waals surface area contributed by atoms with E-state index in [2.05, 4.69) is 0 Å². The summed E-state index contributed by atoms with van der Waals surface area (Å²) in [5.41, 5.74) is -1.09. The topological polar surface area (TPSA) is 66.9 Å². The minimum atomic E-state index is -1.07. The number of nitrogens with zero attached hydrogens (tertiary/aromatic N) is 2. The smallest absolute Gasteiger partial charge is 0.258 e. The lowest BCUT2D eigenvalue weighted by Crippen LogP contribution is -1.99. The highest BCUT2D eigenvalue weighted by molar-refractivity contribution is 5.42. The van der Waals surface area contributed by atoms with E-state index >= 15 is 0 Å². The van der Waals surface area contributed by atoms with Crippen molar-refractivity contribution in [3.05, 3.63) is 39.4 Å². The molecule has 0 aliphatic carbocycles. The van der Waals surface area contributed by atoms with Crippen LogP contribution in [0.4, 0.5) is 14.5 Å². The lowest BCUT2D eigenvalue weighted by molar-refractivity contribution is -0.385. The van der Waals surface area contributed by atoms with Crippen LogP contribution in [0.3, 0.4) is 0 Å². The molecule has 0 radical (unpaired) electrons. The van der Waals surface area contributed by atoms with Gasteiger partial charge in [0.15, 0.2) is 0 Å². The van der Waals surface area contributed by atoms with E-state index in [0.717, 1.165) is 0 Å². The summed E-state index contributed by atoms with van der Waals surface area (Å²) in [5.74, 6) is -2.10. The predicted molar refractivity (Wildman–Crippen MR) is 42.3 cm³/mol. The first-order valence-corrected chi connectivity index (χ1v) is 3.55. The molecule has 0 spiro atoms. The maximum absolute atomic E-state index is 13.0. The molecule has 0 fully saturated rings. The number of nitro benzene ring substituents is 1. The molecule has 0 atom stereocenters. The van der Waals surface area contributed by atoms with Crippen molar-refractivity contribution in [3.8, 4) is 6.07 Å². The Labute approximate surface area is 77.5 Å². The molecule has 0 saturated heterocycles. The van der Waals surface area contributed by atoms with Crippen molar-refractivity contribution in [2.45, 2.75) is 6.42 Å². The number of benzene rings is 1. The summed E-state index contributed by atoms with van der Waals surface area (Å²) in [5, 5.41) is 18.7. The van der Waals surface area contributed by atoms with Gasteiger partial charge in [0.1, 0.15) is 11.6 Å². The van der Waals surface area contributed by atoms with E-state index in [1.165, 1.54) is 0 Å². The number of hydrogen-bond donors (Lipinski definition) is 0. The Morgan fingerprint density at radius 2 is 2.14 bits per heavy atom. The summed E-state index contributed by atoms with van der Waals surface area (Å²) in [7, 11) is 0. The zero-order chi connectivity index (χ0) is 10.7. The predicted octanol–water partition coefficient (Wildman–Crippen LogP) is 1.94. The first kappa shape index (κ1) is 10.1. The van der Waals surface area contributed by atoms with E-state index in [-0.39, 0.29) is 5.56 Å². The van der Waals surface area contributed by atoms with Gasteiger partial charge in [-0.25, -0.2) is 8.78 Å². The summed E-state index contributed by atoms with van der Waals surface area (Å²) >= 11 is 0. The third-order valence-electron chi connectivity index (χ3n) is 1.59. The Morgan fingerprint density at radius 1 is 1.50 bits per heavy atom. The van der Waals surface area contributed by atoms with Crippen molar-refractivity contribution in [3.63, 3.8) is 0 Å². The van der Waals surface area contributed by atoms with Gasteiger partial charge in [-0.3, -0.25) is 10.1 Å². The lowest BCUT2D eigenvalue weighted by atomic mass is 10.1. The van der Waals surface area contributed by atoms with E-state index < -0.39 is 28.7 Å². The zero-order valence-corrected chi connectivity index (χ0v) is 6.83. The highest BCUT2D eigenvalue weighted by Crippen LogP contribution is 2.23. The van der Waals surface area contributed by atoms with Gasteiger partial charge in [0.05, 0.1) is 29.0 Å². The molecule has 4 nitrogen and oxygen atoms in total. The van der Waals surface area contributed by atoms with Crippen LogP contribution in [0.25, 0.3) is 0 Å². The van der Waals surface area contributed by atoms with Crippen LogP contribution in [-0.4, -0.2) is 4.92 Å². The van der Waals surface area contributed by atoms with E-state index in [9.17, 15) is 18.9 Å². The van der Waals surface area contributed by atoms with Crippen molar-refractivity contribution < 1.29 is 13.7 Å². The van der Waals surface area contributed by atoms with Gasteiger partial charge in [-0.05, 0) is 0 Å². The van der Waals surface area contributed by atoms with Crippen LogP contribution in [-0.2, 0) is 6.42 Å². The Bertz CT molecular complexity index is 426. The minimum absolute atomic E-state index is 0.390. The molecular formula is C8H4F2N2O2. The Morgan fingerprint density at radius 3 is 2.64 bits per heavy atom. The second-order valence-electron chi connectivity index (χ2n) is 2.48. The largest absolute Gasteiger partial charge is 0.279 e. The third kappa shape index (κ3) is 1.82. The molecule has 1 aromatic rings. The highest BCUT2D eigenvalue weighted by atomic mass is 19.1. The van der Waals surface area contributed by atoms with E-state index in [0.29, 0.717) is 12.1 Å². The molecule has 0 unspecified atom stereocenters. The molecule has 0 N–H and O–H groups in total. The molecular weight excluding hydrogens is 194 g/mol. The molecule has 0 aromatic heterocycles. The molecule has 0 amide bonds. The second kappa shape index (κ2) is 3.79. The molecule has 14 heavy (non-hydrogen) atoms. The number of nitro groups is 1. The average Bonchev–Trinajstić information content (AvgIpc) is 2.09. The standard InChI is InChI=1S/C8H4F2N2O2/c9-5-3-7(10)6(1-2-11)8(4-5)12(13)14/h3-4H,1H2. The molecule has 1 aromatic carbocycles. The average molecular weight is 198 g/mol. The first-order chi connectivity index (χ1) is 6.56. The zero-order valence-electron chi connectivity index (χ0n) is 6.83. The second-order valence-corrected chi connectivity index (χ2v) is 2.48. The van der Waals surface area contributed by atoms with Crippen LogP contribution in [0.5, 0.6) is 0 Å². The molecule has 72 valence electrons. The van der Waals surface area contributed by atoms with Crippen molar-refractivity contribution in [1.29, 1.82) is 5.26 Å². The van der Waals surface area contributed by atoms with Crippen LogP contribution < -0.4 is 0 Å². The van der Waals surface area contributed by atoms with Gasteiger partial charge in [-0.2, -0.15) is 5.26 Å². The monoisotopic (exact) mass is 198 g/mol. The fourth-order valence-electron chi connectivity index (χ4n) is 1.01. The van der Waals surface area contributed by atoms with Crippen molar-refractivity contribution in [2.75, 3.05) is 0 Å². The van der Waals surface area contributed by atoms with E-state index in [1.807, 2.05) is 0 Å². The number of rotatable bonds is 2. The van der Waals surface area contributed by atoms with E-state index in [4.69, 9.17) is 5.26 Å². The Kier molecular flexibility index (Phi) is 2.72. The Balaban J connectivity index is 3.38. The number of nitriles is 1. The highest BCUT2D eigenvalue weighted by Gasteiger charge is 2.19. The molecule has 0 heterocycles. The molecule has 6 heteroatoms. The third-order valence-corrected chi connectivity index (χ3v) is 1.59. The van der Waals surface area contributed by atoms with Gasteiger partial charge < -0.3 is 0 Å². The van der Waals surface area contributed by atoms with Gasteiger partial charge in [0.25, 0.3) is 5.69 Å². The lowest BCUT2D eigenvalue weighted by Gasteiger charge is -1.99. The number of hydrogen-bond acceptors (Lipinski definition) is 3. The van der Waals surface area contributed by atoms with Gasteiger partial charge in [-0.1, -0.05) is 0 Å². The minimum Gasteiger partial charge on any atom is -0.258 e. The van der Waals surface area contributed by atoms with Gasteiger partial charge in [-0.15, -0.1) is 0 Å². The fraction of sp³-hybridized carbons (Fsp3) is 0.125. The van der Waals surface area contributed by atoms with Crippen molar-refractivity contribution in [2.24, 2.45) is 0 Å². The van der Waals surface area contributed by atoms with Gasteiger partial charge >= 0.3 is 0 Å². The van der Waals surface area contributed by atoms with Gasteiger partial charge in [0.2, 0.25) is 0 Å². The van der Waals surface area contributed by atoms with Crippen LogP contribution in [0.15, 0.2) is 12.1 Å². The first-order valence-electron chi connectivity index (χ1n) is 3.55. The molecule has 1 rings (SSSR count). The number of halogens is 2. The summed E-state index contributed by atoms with van der Waals surface area (Å²) in [6.07, 6.45) is -0.456. The normalized spacial score (nSPS) is 9.50. The van der Waals surface area contributed by atoms with Crippen LogP contribution in [0.2, 0.25) is 0 Å². The fourth-order valence-corrected chi connectivity index (χ4v) is 1.01. The Hall–Kier alpha value is -2.03. The summed E-state index contributed by atoms with van der Waals surface area (Å²) in [6, 6.07) is 2.68. The van der Waals surface area contributed by atoms with Crippen LogP contribution in [0.1, 0.15) is 5.56 Å².